The number of aromatic nitrogens is 4. The van der Waals surface area contributed by atoms with Crippen molar-refractivity contribution in [3.63, 3.8) is 0 Å². The lowest BCUT2D eigenvalue weighted by Crippen LogP contribution is -2.15. The number of nitrogens with one attached hydrogen (secondary N) is 1. The molecule has 0 atom stereocenters. The van der Waals surface area contributed by atoms with Crippen LogP contribution in [-0.2, 0) is 0 Å². The second-order valence-corrected chi connectivity index (χ2v) is 5.77. The molecule has 1 aromatic carbocycles. The number of hydrogen-bond acceptors (Lipinski definition) is 4. The Morgan fingerprint density at radius 3 is 2.52 bits per heavy atom. The molecular weight excluding hydrogens is 312 g/mol. The Bertz CT molecular complexity index is 1070. The zero-order chi connectivity index (χ0) is 17.4. The van der Waals surface area contributed by atoms with Gasteiger partial charge in [-0.05, 0) is 24.6 Å². The molecule has 3 aromatic heterocycles. The minimum absolute atomic E-state index is 0.0455. The molecule has 0 radical (unpaired) electrons. The van der Waals surface area contributed by atoms with Gasteiger partial charge in [-0.2, -0.15) is 0 Å². The van der Waals surface area contributed by atoms with Gasteiger partial charge in [-0.3, -0.25) is 10.4 Å². The van der Waals surface area contributed by atoms with Crippen molar-refractivity contribution < 1.29 is 0 Å². The molecule has 0 aliphatic carbocycles. The number of amidine groups is 1. The minimum atomic E-state index is -0.0455. The SMILES string of the molecule is Cc1cc(-c2cccnc2)c(C(=N)N)c2nc(-c3ccccc3)nn12. The van der Waals surface area contributed by atoms with Crippen LogP contribution in [0, 0.1) is 12.3 Å². The van der Waals surface area contributed by atoms with Crippen LogP contribution in [0.3, 0.4) is 0 Å². The standard InChI is InChI=1S/C19H16N6/c1-12-10-15(14-8-5-9-22-11-14)16(17(20)21)19-23-18(24-25(12)19)13-6-3-2-4-7-13/h2-11H,1H3,(H3,20,21). The van der Waals surface area contributed by atoms with Crippen LogP contribution in [0.25, 0.3) is 28.2 Å². The summed E-state index contributed by atoms with van der Waals surface area (Å²) in [6.07, 6.45) is 3.47. The highest BCUT2D eigenvalue weighted by molar-refractivity contribution is 6.06. The maximum absolute atomic E-state index is 8.07. The number of rotatable bonds is 3. The van der Waals surface area contributed by atoms with E-state index in [9.17, 15) is 0 Å². The summed E-state index contributed by atoms with van der Waals surface area (Å²) in [6.45, 7) is 1.96. The first kappa shape index (κ1) is 15.0. The second kappa shape index (κ2) is 5.83. The predicted octanol–water partition coefficient (Wildman–Crippen LogP) is 3.05. The summed E-state index contributed by atoms with van der Waals surface area (Å²) in [4.78, 5) is 8.83. The van der Waals surface area contributed by atoms with E-state index in [-0.39, 0.29) is 5.84 Å². The van der Waals surface area contributed by atoms with Crippen molar-refractivity contribution in [1.82, 2.24) is 19.6 Å². The molecule has 25 heavy (non-hydrogen) atoms. The average Bonchev–Trinajstić information content (AvgIpc) is 3.08. The largest absolute Gasteiger partial charge is 0.384 e. The molecule has 0 saturated heterocycles. The van der Waals surface area contributed by atoms with Crippen LogP contribution in [0.2, 0.25) is 0 Å². The van der Waals surface area contributed by atoms with E-state index in [1.54, 1.807) is 16.9 Å². The second-order valence-electron chi connectivity index (χ2n) is 5.77. The molecule has 6 nitrogen and oxygen atoms in total. The Labute approximate surface area is 144 Å². The van der Waals surface area contributed by atoms with Crippen LogP contribution < -0.4 is 5.73 Å². The van der Waals surface area contributed by atoms with Gasteiger partial charge in [0.15, 0.2) is 11.5 Å². The van der Waals surface area contributed by atoms with Crippen molar-refractivity contribution in [2.24, 2.45) is 5.73 Å². The number of hydrogen-bond donors (Lipinski definition) is 2. The first-order chi connectivity index (χ1) is 12.1. The third-order valence-corrected chi connectivity index (χ3v) is 4.06. The van der Waals surface area contributed by atoms with Crippen LogP contribution in [0.4, 0.5) is 0 Å². The molecule has 0 saturated carbocycles. The third-order valence-electron chi connectivity index (χ3n) is 4.06. The molecule has 4 rings (SSSR count). The molecule has 0 unspecified atom stereocenters. The fraction of sp³-hybridized carbons (Fsp3) is 0.0526. The maximum Gasteiger partial charge on any atom is 0.182 e. The van der Waals surface area contributed by atoms with Gasteiger partial charge in [0.1, 0.15) is 5.84 Å². The number of nitrogens with two attached hydrogens (primary N) is 1. The number of fused-ring (bicyclic) bond motifs is 1. The zero-order valence-electron chi connectivity index (χ0n) is 13.6. The Kier molecular flexibility index (Phi) is 3.50. The van der Waals surface area contributed by atoms with E-state index in [1.165, 1.54) is 0 Å². The van der Waals surface area contributed by atoms with Crippen molar-refractivity contribution >= 4 is 11.5 Å². The number of aryl methyl sites for hydroxylation is 1. The molecule has 0 amide bonds. The lowest BCUT2D eigenvalue weighted by molar-refractivity contribution is 0.917. The van der Waals surface area contributed by atoms with Gasteiger partial charge in [0.25, 0.3) is 0 Å². The molecule has 0 fully saturated rings. The number of pyridine rings is 2. The average molecular weight is 328 g/mol. The van der Waals surface area contributed by atoms with Crippen molar-refractivity contribution in [3.05, 3.63) is 72.2 Å². The van der Waals surface area contributed by atoms with Gasteiger partial charge in [0.05, 0.1) is 5.56 Å². The monoisotopic (exact) mass is 328 g/mol. The van der Waals surface area contributed by atoms with E-state index in [0.717, 1.165) is 22.4 Å². The summed E-state index contributed by atoms with van der Waals surface area (Å²) in [6, 6.07) is 15.5. The quantitative estimate of drug-likeness (QED) is 0.446. The lowest BCUT2D eigenvalue weighted by atomic mass is 10.0. The normalized spacial score (nSPS) is 10.9. The van der Waals surface area contributed by atoms with Crippen LogP contribution in [0.5, 0.6) is 0 Å². The van der Waals surface area contributed by atoms with Gasteiger partial charge in [0.2, 0.25) is 0 Å². The maximum atomic E-state index is 8.07. The molecule has 4 aromatic rings. The molecule has 122 valence electrons. The molecule has 3 heterocycles. The van der Waals surface area contributed by atoms with Crippen LogP contribution in [0.1, 0.15) is 11.3 Å². The highest BCUT2D eigenvalue weighted by Crippen LogP contribution is 2.28. The fourth-order valence-electron chi connectivity index (χ4n) is 2.91. The summed E-state index contributed by atoms with van der Waals surface area (Å²) >= 11 is 0. The number of nitrogen functional groups attached to an aromatic ring is 1. The van der Waals surface area contributed by atoms with Gasteiger partial charge < -0.3 is 5.73 Å². The van der Waals surface area contributed by atoms with Gasteiger partial charge in [0, 0.05) is 29.2 Å². The molecule has 0 aliphatic heterocycles. The summed E-state index contributed by atoms with van der Waals surface area (Å²) in [5, 5.41) is 12.7. The Balaban J connectivity index is 2.03. The number of benzene rings is 1. The van der Waals surface area contributed by atoms with Gasteiger partial charge in [-0.1, -0.05) is 36.4 Å². The predicted molar refractivity (Wildman–Crippen MR) is 97.4 cm³/mol. The topological polar surface area (TPSA) is 93.0 Å². The first-order valence-corrected chi connectivity index (χ1v) is 7.86. The Hall–Kier alpha value is -3.54. The number of nitrogens with zero attached hydrogens (tertiary/aromatic N) is 4. The molecule has 6 heteroatoms. The first-order valence-electron chi connectivity index (χ1n) is 7.86. The van der Waals surface area contributed by atoms with E-state index in [0.29, 0.717) is 17.0 Å². The minimum Gasteiger partial charge on any atom is -0.384 e. The molecule has 3 N–H and O–H groups in total. The van der Waals surface area contributed by atoms with Gasteiger partial charge in [-0.15, -0.1) is 5.10 Å². The van der Waals surface area contributed by atoms with E-state index in [1.807, 2.05) is 55.5 Å². The van der Waals surface area contributed by atoms with Crippen molar-refractivity contribution in [2.45, 2.75) is 6.92 Å². The molecule has 0 spiro atoms. The summed E-state index contributed by atoms with van der Waals surface area (Å²) < 4.78 is 1.74. The third kappa shape index (κ3) is 2.53. The zero-order valence-corrected chi connectivity index (χ0v) is 13.6. The van der Waals surface area contributed by atoms with Crippen molar-refractivity contribution in [2.75, 3.05) is 0 Å². The fourth-order valence-corrected chi connectivity index (χ4v) is 2.91. The lowest BCUT2D eigenvalue weighted by Gasteiger charge is -2.11. The molecule has 0 aliphatic rings. The molecular formula is C19H16N6. The van der Waals surface area contributed by atoms with Crippen LogP contribution in [0.15, 0.2) is 60.9 Å². The van der Waals surface area contributed by atoms with E-state index in [4.69, 9.17) is 11.1 Å². The van der Waals surface area contributed by atoms with Crippen molar-refractivity contribution in [3.8, 4) is 22.5 Å². The van der Waals surface area contributed by atoms with Crippen LogP contribution in [-0.4, -0.2) is 25.4 Å². The van der Waals surface area contributed by atoms with Crippen molar-refractivity contribution in [1.29, 1.82) is 5.41 Å². The Morgan fingerprint density at radius 1 is 1.08 bits per heavy atom. The highest BCUT2D eigenvalue weighted by atomic mass is 15.3. The summed E-state index contributed by atoms with van der Waals surface area (Å²) in [5.74, 6) is 0.561. The van der Waals surface area contributed by atoms with Gasteiger partial charge >= 0.3 is 0 Å². The van der Waals surface area contributed by atoms with E-state index >= 15 is 0 Å². The summed E-state index contributed by atoms with van der Waals surface area (Å²) in [5.41, 5.74) is 10.6. The van der Waals surface area contributed by atoms with E-state index in [2.05, 4.69) is 15.1 Å². The summed E-state index contributed by atoms with van der Waals surface area (Å²) in [7, 11) is 0. The Morgan fingerprint density at radius 2 is 1.84 bits per heavy atom. The van der Waals surface area contributed by atoms with Crippen LogP contribution >= 0.6 is 0 Å². The highest BCUT2D eigenvalue weighted by Gasteiger charge is 2.18. The van der Waals surface area contributed by atoms with Gasteiger partial charge in [-0.25, -0.2) is 9.50 Å². The smallest absolute Gasteiger partial charge is 0.182 e. The molecule has 0 bridgehead atoms. The van der Waals surface area contributed by atoms with E-state index < -0.39 is 0 Å².